The molecular formula is C18H14N4O4S. The summed E-state index contributed by atoms with van der Waals surface area (Å²) in [5.41, 5.74) is 0.665. The van der Waals surface area contributed by atoms with Crippen LogP contribution in [0.4, 0.5) is 10.5 Å². The number of benzene rings is 2. The number of imide groups is 1. The molecule has 2 N–H and O–H groups in total. The monoisotopic (exact) mass is 382 g/mol. The number of sulfone groups is 1. The summed E-state index contributed by atoms with van der Waals surface area (Å²) in [6.45, 7) is 0. The van der Waals surface area contributed by atoms with Gasteiger partial charge in [-0.05, 0) is 42.5 Å². The summed E-state index contributed by atoms with van der Waals surface area (Å²) in [4.78, 5) is 31.3. The Morgan fingerprint density at radius 1 is 0.815 bits per heavy atom. The van der Waals surface area contributed by atoms with Crippen LogP contribution in [0.15, 0.2) is 83.1 Å². The van der Waals surface area contributed by atoms with Crippen LogP contribution in [0.3, 0.4) is 0 Å². The van der Waals surface area contributed by atoms with Gasteiger partial charge in [0.25, 0.3) is 11.1 Å². The molecule has 3 amide bonds. The van der Waals surface area contributed by atoms with Crippen LogP contribution in [0.25, 0.3) is 0 Å². The Balaban J connectivity index is 1.67. The SMILES string of the molecule is O=C(NC(=O)c1ccccc1)Nc1ccc(S(=O)(=O)c2ncccn2)cc1. The van der Waals surface area contributed by atoms with E-state index in [0.29, 0.717) is 11.3 Å². The van der Waals surface area contributed by atoms with E-state index in [2.05, 4.69) is 20.6 Å². The van der Waals surface area contributed by atoms with Gasteiger partial charge in [-0.1, -0.05) is 18.2 Å². The smallest absolute Gasteiger partial charge is 0.308 e. The van der Waals surface area contributed by atoms with Crippen molar-refractivity contribution in [2.75, 3.05) is 5.32 Å². The highest BCUT2D eigenvalue weighted by atomic mass is 32.2. The molecule has 0 aliphatic heterocycles. The van der Waals surface area contributed by atoms with Gasteiger partial charge in [-0.3, -0.25) is 10.1 Å². The van der Waals surface area contributed by atoms with Crippen molar-refractivity contribution in [3.8, 4) is 0 Å². The number of rotatable bonds is 4. The van der Waals surface area contributed by atoms with Crippen LogP contribution in [0.1, 0.15) is 10.4 Å². The molecule has 0 fully saturated rings. The Kier molecular flexibility index (Phi) is 5.23. The fourth-order valence-electron chi connectivity index (χ4n) is 2.17. The predicted molar refractivity (Wildman–Crippen MR) is 96.9 cm³/mol. The van der Waals surface area contributed by atoms with E-state index in [1.54, 1.807) is 30.3 Å². The van der Waals surface area contributed by atoms with Gasteiger partial charge in [-0.25, -0.2) is 23.2 Å². The van der Waals surface area contributed by atoms with Gasteiger partial charge in [0.15, 0.2) is 0 Å². The van der Waals surface area contributed by atoms with Gasteiger partial charge in [0.05, 0.1) is 4.90 Å². The molecule has 3 rings (SSSR count). The normalized spacial score (nSPS) is 10.8. The summed E-state index contributed by atoms with van der Waals surface area (Å²) in [6, 6.07) is 14.5. The number of urea groups is 1. The number of nitrogens with zero attached hydrogens (tertiary/aromatic N) is 2. The maximum absolute atomic E-state index is 12.4. The summed E-state index contributed by atoms with van der Waals surface area (Å²) >= 11 is 0. The first kappa shape index (κ1) is 18.2. The number of amides is 3. The van der Waals surface area contributed by atoms with Crippen molar-refractivity contribution in [3.63, 3.8) is 0 Å². The maximum Gasteiger partial charge on any atom is 0.326 e. The fraction of sp³-hybridized carbons (Fsp3) is 0. The van der Waals surface area contributed by atoms with Gasteiger partial charge in [0, 0.05) is 23.6 Å². The lowest BCUT2D eigenvalue weighted by molar-refractivity contribution is 0.0967. The Hall–Kier alpha value is -3.59. The Labute approximate surface area is 155 Å². The molecule has 8 nitrogen and oxygen atoms in total. The second kappa shape index (κ2) is 7.75. The highest BCUT2D eigenvalue weighted by Crippen LogP contribution is 2.19. The molecule has 0 spiro atoms. The molecule has 1 aromatic heterocycles. The molecular weight excluding hydrogens is 368 g/mol. The first-order chi connectivity index (χ1) is 13.0. The topological polar surface area (TPSA) is 118 Å². The summed E-state index contributed by atoms with van der Waals surface area (Å²) in [5.74, 6) is -0.548. The van der Waals surface area contributed by atoms with Crippen LogP contribution >= 0.6 is 0 Å². The van der Waals surface area contributed by atoms with Crippen molar-refractivity contribution in [1.29, 1.82) is 0 Å². The first-order valence-corrected chi connectivity index (χ1v) is 9.25. The van der Waals surface area contributed by atoms with E-state index in [-0.39, 0.29) is 10.1 Å². The van der Waals surface area contributed by atoms with Crippen LogP contribution in [0, 0.1) is 0 Å². The molecule has 136 valence electrons. The molecule has 3 aromatic rings. The number of hydrogen-bond donors (Lipinski definition) is 2. The second-order valence-corrected chi connectivity index (χ2v) is 7.18. The molecule has 0 bridgehead atoms. The molecule has 0 saturated heterocycles. The minimum Gasteiger partial charge on any atom is -0.308 e. The molecule has 0 aliphatic carbocycles. The van der Waals surface area contributed by atoms with E-state index >= 15 is 0 Å². The van der Waals surface area contributed by atoms with E-state index in [1.807, 2.05) is 0 Å². The number of carbonyl (C=O) groups is 2. The summed E-state index contributed by atoms with van der Waals surface area (Å²) < 4.78 is 24.8. The summed E-state index contributed by atoms with van der Waals surface area (Å²) in [7, 11) is -3.84. The number of carbonyl (C=O) groups excluding carboxylic acids is 2. The van der Waals surface area contributed by atoms with Crippen LogP contribution in [0.2, 0.25) is 0 Å². The molecule has 2 aromatic carbocycles. The minimum atomic E-state index is -3.84. The third-order valence-corrected chi connectivity index (χ3v) is 5.05. The van der Waals surface area contributed by atoms with E-state index in [9.17, 15) is 18.0 Å². The quantitative estimate of drug-likeness (QED) is 0.668. The lowest BCUT2D eigenvalue weighted by atomic mass is 10.2. The Bertz CT molecular complexity index is 1050. The van der Waals surface area contributed by atoms with Gasteiger partial charge in [-0.15, -0.1) is 0 Å². The lowest BCUT2D eigenvalue weighted by Crippen LogP contribution is -2.34. The van der Waals surface area contributed by atoms with Crippen LogP contribution in [0.5, 0.6) is 0 Å². The van der Waals surface area contributed by atoms with Crippen molar-refractivity contribution in [2.24, 2.45) is 0 Å². The molecule has 0 atom stereocenters. The van der Waals surface area contributed by atoms with Gasteiger partial charge in [0.1, 0.15) is 0 Å². The van der Waals surface area contributed by atoms with Gasteiger partial charge in [0.2, 0.25) is 9.84 Å². The zero-order valence-corrected chi connectivity index (χ0v) is 14.7. The second-order valence-electron chi connectivity index (χ2n) is 5.33. The van der Waals surface area contributed by atoms with Crippen molar-refractivity contribution in [3.05, 3.63) is 78.6 Å². The fourth-order valence-corrected chi connectivity index (χ4v) is 3.28. The molecule has 9 heteroatoms. The highest BCUT2D eigenvalue weighted by molar-refractivity contribution is 7.91. The number of aromatic nitrogens is 2. The van der Waals surface area contributed by atoms with Gasteiger partial charge >= 0.3 is 6.03 Å². The number of nitrogens with one attached hydrogen (secondary N) is 2. The van der Waals surface area contributed by atoms with E-state index in [1.165, 1.54) is 42.7 Å². The van der Waals surface area contributed by atoms with Crippen molar-refractivity contribution < 1.29 is 18.0 Å². The lowest BCUT2D eigenvalue weighted by Gasteiger charge is -2.08. The standard InChI is InChI=1S/C18H14N4O4S/c23-16(13-5-2-1-3-6-13)22-17(24)21-14-7-9-15(10-8-14)27(25,26)18-19-11-4-12-20-18/h1-12H,(H2,21,22,23,24). The van der Waals surface area contributed by atoms with Gasteiger partial charge < -0.3 is 5.32 Å². The molecule has 0 aliphatic rings. The van der Waals surface area contributed by atoms with Crippen LogP contribution < -0.4 is 10.6 Å². The summed E-state index contributed by atoms with van der Waals surface area (Å²) in [6.07, 6.45) is 2.67. The van der Waals surface area contributed by atoms with E-state index in [4.69, 9.17) is 0 Å². The van der Waals surface area contributed by atoms with Crippen LogP contribution in [-0.2, 0) is 9.84 Å². The molecule has 0 saturated carbocycles. The predicted octanol–water partition coefficient (Wildman–Crippen LogP) is 2.27. The van der Waals surface area contributed by atoms with E-state index in [0.717, 1.165) is 0 Å². The Morgan fingerprint density at radius 3 is 2.07 bits per heavy atom. The van der Waals surface area contributed by atoms with E-state index < -0.39 is 21.8 Å². The highest BCUT2D eigenvalue weighted by Gasteiger charge is 2.20. The van der Waals surface area contributed by atoms with Crippen molar-refractivity contribution in [2.45, 2.75) is 10.1 Å². The molecule has 0 radical (unpaired) electrons. The zero-order valence-electron chi connectivity index (χ0n) is 13.9. The zero-order chi connectivity index (χ0) is 19.3. The van der Waals surface area contributed by atoms with Crippen molar-refractivity contribution >= 4 is 27.5 Å². The number of hydrogen-bond acceptors (Lipinski definition) is 6. The van der Waals surface area contributed by atoms with Crippen molar-refractivity contribution in [1.82, 2.24) is 15.3 Å². The average molecular weight is 382 g/mol. The van der Waals surface area contributed by atoms with Gasteiger partial charge in [-0.2, -0.15) is 0 Å². The van der Waals surface area contributed by atoms with Crippen LogP contribution in [-0.4, -0.2) is 30.3 Å². The molecule has 27 heavy (non-hydrogen) atoms. The minimum absolute atomic E-state index is 0.0139. The average Bonchev–Trinajstić information content (AvgIpc) is 2.69. The molecule has 0 unspecified atom stereocenters. The largest absolute Gasteiger partial charge is 0.326 e. The Morgan fingerprint density at radius 2 is 1.44 bits per heavy atom. The maximum atomic E-state index is 12.4. The number of anilines is 1. The molecule has 1 heterocycles. The first-order valence-electron chi connectivity index (χ1n) is 7.76. The third-order valence-electron chi connectivity index (χ3n) is 3.47. The third kappa shape index (κ3) is 4.33. The summed E-state index contributed by atoms with van der Waals surface area (Å²) in [5, 5.41) is 4.34.